The van der Waals surface area contributed by atoms with E-state index in [0.29, 0.717) is 18.7 Å². The van der Waals surface area contributed by atoms with Crippen LogP contribution in [0, 0.1) is 5.82 Å². The van der Waals surface area contributed by atoms with E-state index in [9.17, 15) is 17.6 Å². The predicted molar refractivity (Wildman–Crippen MR) is 117 cm³/mol. The third kappa shape index (κ3) is 4.80. The first-order chi connectivity index (χ1) is 14.9. The summed E-state index contributed by atoms with van der Waals surface area (Å²) in [6, 6.07) is 13.1. The molecule has 6 nitrogen and oxygen atoms in total. The number of nitrogens with one attached hydrogen (secondary N) is 1. The van der Waals surface area contributed by atoms with E-state index >= 15 is 0 Å². The third-order valence-corrected chi connectivity index (χ3v) is 7.59. The van der Waals surface area contributed by atoms with Crippen molar-refractivity contribution in [3.63, 3.8) is 0 Å². The summed E-state index contributed by atoms with van der Waals surface area (Å²) in [7, 11) is -3.52. The van der Waals surface area contributed by atoms with Gasteiger partial charge >= 0.3 is 0 Å². The summed E-state index contributed by atoms with van der Waals surface area (Å²) in [6.45, 7) is 1.30. The molecule has 1 aromatic heterocycles. The maximum atomic E-state index is 13.7. The van der Waals surface area contributed by atoms with Crippen LogP contribution in [-0.2, 0) is 27.9 Å². The fourth-order valence-electron chi connectivity index (χ4n) is 3.95. The Labute approximate surface area is 181 Å². The smallest absolute Gasteiger partial charge is 0.243 e. The first-order valence-corrected chi connectivity index (χ1v) is 12.0. The summed E-state index contributed by atoms with van der Waals surface area (Å²) in [4.78, 5) is 12.6. The van der Waals surface area contributed by atoms with Crippen LogP contribution in [0.2, 0.25) is 0 Å². The Hall–Kier alpha value is -2.71. The van der Waals surface area contributed by atoms with E-state index in [0.717, 1.165) is 36.6 Å². The molecule has 8 heteroatoms. The van der Waals surface area contributed by atoms with Gasteiger partial charge in [0.1, 0.15) is 12.4 Å². The monoisotopic (exact) mass is 443 g/mol. The van der Waals surface area contributed by atoms with Crippen LogP contribution in [0.25, 0.3) is 10.9 Å². The highest BCUT2D eigenvalue weighted by Crippen LogP contribution is 2.25. The molecule has 2 aromatic carbocycles. The molecule has 0 saturated carbocycles. The Bertz CT molecular complexity index is 1180. The van der Waals surface area contributed by atoms with E-state index < -0.39 is 10.0 Å². The molecule has 164 valence electrons. The van der Waals surface area contributed by atoms with E-state index in [-0.39, 0.29) is 29.7 Å². The molecule has 4 rings (SSSR count). The van der Waals surface area contributed by atoms with Gasteiger partial charge in [0.15, 0.2) is 0 Å². The zero-order chi connectivity index (χ0) is 21.8. The summed E-state index contributed by atoms with van der Waals surface area (Å²) in [5.41, 5.74) is 1.20. The summed E-state index contributed by atoms with van der Waals surface area (Å²) in [5.74, 6) is -0.602. The van der Waals surface area contributed by atoms with Crippen molar-refractivity contribution in [1.29, 1.82) is 0 Å². The standard InChI is InChI=1S/C23H26FN3O3S/c24-21-8-4-3-7-19(21)16-25-23(28)17-26-14-11-18-15-20(9-10-22(18)26)31(29,30)27-12-5-1-2-6-13-27/h3-4,7-11,14-15H,1-2,5-6,12-13,16-17H2,(H,25,28). The quantitative estimate of drug-likeness (QED) is 0.632. The van der Waals surface area contributed by atoms with E-state index in [1.54, 1.807) is 57.5 Å². The molecule has 1 saturated heterocycles. The Balaban J connectivity index is 1.47. The highest BCUT2D eigenvalue weighted by molar-refractivity contribution is 7.89. The Kier molecular flexibility index (Phi) is 6.38. The second-order valence-electron chi connectivity index (χ2n) is 7.85. The van der Waals surface area contributed by atoms with Gasteiger partial charge in [-0.05, 0) is 43.2 Å². The van der Waals surface area contributed by atoms with Crippen LogP contribution in [0.3, 0.4) is 0 Å². The minimum absolute atomic E-state index is 0.0656. The van der Waals surface area contributed by atoms with Gasteiger partial charge in [-0.2, -0.15) is 4.31 Å². The molecule has 0 atom stereocenters. The second-order valence-corrected chi connectivity index (χ2v) is 9.79. The number of fused-ring (bicyclic) bond motifs is 1. The van der Waals surface area contributed by atoms with Gasteiger partial charge in [-0.3, -0.25) is 4.79 Å². The molecule has 31 heavy (non-hydrogen) atoms. The van der Waals surface area contributed by atoms with E-state index in [2.05, 4.69) is 5.32 Å². The normalized spacial score (nSPS) is 15.6. The Morgan fingerprint density at radius 1 is 1.00 bits per heavy atom. The Morgan fingerprint density at radius 3 is 2.48 bits per heavy atom. The van der Waals surface area contributed by atoms with Crippen LogP contribution >= 0.6 is 0 Å². The molecule has 1 N–H and O–H groups in total. The number of aromatic nitrogens is 1. The SMILES string of the molecule is O=C(Cn1ccc2cc(S(=O)(=O)N3CCCCCC3)ccc21)NCc1ccccc1F. The van der Waals surface area contributed by atoms with Gasteiger partial charge in [-0.15, -0.1) is 0 Å². The first kappa shape index (κ1) is 21.5. The minimum Gasteiger partial charge on any atom is -0.350 e. The van der Waals surface area contributed by atoms with Crippen molar-refractivity contribution in [1.82, 2.24) is 14.2 Å². The number of amides is 1. The fourth-order valence-corrected chi connectivity index (χ4v) is 5.51. The molecule has 1 aliphatic rings. The predicted octanol–water partition coefficient (Wildman–Crippen LogP) is 3.66. The van der Waals surface area contributed by atoms with Gasteiger partial charge in [-0.1, -0.05) is 31.0 Å². The van der Waals surface area contributed by atoms with Gasteiger partial charge < -0.3 is 9.88 Å². The van der Waals surface area contributed by atoms with Crippen molar-refractivity contribution < 1.29 is 17.6 Å². The lowest BCUT2D eigenvalue weighted by atomic mass is 10.2. The topological polar surface area (TPSA) is 71.4 Å². The number of rotatable bonds is 6. The molecule has 0 spiro atoms. The lowest BCUT2D eigenvalue weighted by molar-refractivity contribution is -0.121. The Morgan fingerprint density at radius 2 is 1.74 bits per heavy atom. The molecule has 0 aliphatic carbocycles. The lowest BCUT2D eigenvalue weighted by Crippen LogP contribution is -2.31. The molecule has 0 radical (unpaired) electrons. The van der Waals surface area contributed by atoms with Crippen molar-refractivity contribution in [2.75, 3.05) is 13.1 Å². The highest BCUT2D eigenvalue weighted by atomic mass is 32.2. The number of carbonyl (C=O) groups excluding carboxylic acids is 1. The minimum atomic E-state index is -3.52. The molecule has 2 heterocycles. The van der Waals surface area contributed by atoms with Crippen molar-refractivity contribution in [2.24, 2.45) is 0 Å². The zero-order valence-corrected chi connectivity index (χ0v) is 18.1. The average Bonchev–Trinajstić information content (AvgIpc) is 2.96. The molecular formula is C23H26FN3O3S. The third-order valence-electron chi connectivity index (χ3n) is 5.69. The molecule has 1 fully saturated rings. The first-order valence-electron chi connectivity index (χ1n) is 10.5. The fraction of sp³-hybridized carbons (Fsp3) is 0.348. The largest absolute Gasteiger partial charge is 0.350 e. The van der Waals surface area contributed by atoms with Crippen LogP contribution in [0.4, 0.5) is 4.39 Å². The van der Waals surface area contributed by atoms with Gasteiger partial charge in [0.05, 0.1) is 4.90 Å². The molecule has 1 amide bonds. The van der Waals surface area contributed by atoms with Crippen LogP contribution in [0.5, 0.6) is 0 Å². The van der Waals surface area contributed by atoms with Crippen molar-refractivity contribution in [2.45, 2.75) is 43.7 Å². The molecule has 1 aliphatic heterocycles. The number of benzene rings is 2. The maximum Gasteiger partial charge on any atom is 0.243 e. The van der Waals surface area contributed by atoms with Gasteiger partial charge in [0, 0.05) is 42.3 Å². The summed E-state index contributed by atoms with van der Waals surface area (Å²) in [6.07, 6.45) is 5.66. The van der Waals surface area contributed by atoms with Crippen LogP contribution in [-0.4, -0.2) is 36.3 Å². The van der Waals surface area contributed by atoms with Crippen LogP contribution < -0.4 is 5.32 Å². The van der Waals surface area contributed by atoms with Crippen LogP contribution in [0.15, 0.2) is 59.6 Å². The average molecular weight is 444 g/mol. The summed E-state index contributed by atoms with van der Waals surface area (Å²) < 4.78 is 43.1. The van der Waals surface area contributed by atoms with Crippen molar-refractivity contribution >= 4 is 26.8 Å². The lowest BCUT2D eigenvalue weighted by Gasteiger charge is -2.20. The summed E-state index contributed by atoms with van der Waals surface area (Å²) in [5, 5.41) is 3.49. The number of hydrogen-bond donors (Lipinski definition) is 1. The number of sulfonamides is 1. The number of nitrogens with zero attached hydrogens (tertiary/aromatic N) is 2. The number of halogens is 1. The van der Waals surface area contributed by atoms with E-state index in [1.165, 1.54) is 6.07 Å². The van der Waals surface area contributed by atoms with Gasteiger partial charge in [-0.25, -0.2) is 12.8 Å². The highest BCUT2D eigenvalue weighted by Gasteiger charge is 2.25. The van der Waals surface area contributed by atoms with Gasteiger partial charge in [0.2, 0.25) is 15.9 Å². The van der Waals surface area contributed by atoms with Crippen molar-refractivity contribution in [3.8, 4) is 0 Å². The number of hydrogen-bond acceptors (Lipinski definition) is 3. The maximum absolute atomic E-state index is 13.7. The second kappa shape index (κ2) is 9.20. The molecule has 0 bridgehead atoms. The molecule has 3 aromatic rings. The zero-order valence-electron chi connectivity index (χ0n) is 17.3. The summed E-state index contributed by atoms with van der Waals surface area (Å²) >= 11 is 0. The molecular weight excluding hydrogens is 417 g/mol. The van der Waals surface area contributed by atoms with E-state index in [4.69, 9.17) is 0 Å². The van der Waals surface area contributed by atoms with Crippen molar-refractivity contribution in [3.05, 3.63) is 66.1 Å². The van der Waals surface area contributed by atoms with E-state index in [1.807, 2.05) is 0 Å². The van der Waals surface area contributed by atoms with Gasteiger partial charge in [0.25, 0.3) is 0 Å². The van der Waals surface area contributed by atoms with Crippen LogP contribution in [0.1, 0.15) is 31.2 Å². The molecule has 0 unspecified atom stereocenters. The number of carbonyl (C=O) groups is 1.